The second-order valence-electron chi connectivity index (χ2n) is 7.09. The number of hydrogen-bond donors (Lipinski definition) is 1. The molecule has 1 atom stereocenters. The minimum absolute atomic E-state index is 0.0881. The highest BCUT2D eigenvalue weighted by atomic mass is 16.5. The van der Waals surface area contributed by atoms with Crippen molar-refractivity contribution in [1.82, 2.24) is 15.5 Å². The molecule has 0 unspecified atom stereocenters. The molecule has 0 saturated carbocycles. The lowest BCUT2D eigenvalue weighted by Gasteiger charge is -2.22. The van der Waals surface area contributed by atoms with E-state index in [4.69, 9.17) is 4.52 Å². The third-order valence-electron chi connectivity index (χ3n) is 4.24. The standard InChI is InChI=1S/C15H20B3N3O2/c1-2-12-20-13(21-23-12)9-3-5-10-8(7-9)4-6-11(10)19-14(22)15(16,17)18/h3,5,7,11H,2,4,6,16-18H2,1H3,(H,19,22)/t11-/m1/s1. The van der Waals surface area contributed by atoms with Crippen LogP contribution in [-0.4, -0.2) is 39.6 Å². The summed E-state index contributed by atoms with van der Waals surface area (Å²) in [6.07, 6.45) is 2.63. The van der Waals surface area contributed by atoms with E-state index in [0.717, 1.165) is 24.8 Å². The molecule has 116 valence electrons. The molecule has 5 nitrogen and oxygen atoms in total. The van der Waals surface area contributed by atoms with Gasteiger partial charge >= 0.3 is 0 Å². The van der Waals surface area contributed by atoms with Crippen LogP contribution in [0.2, 0.25) is 5.11 Å². The molecule has 1 heterocycles. The van der Waals surface area contributed by atoms with Gasteiger partial charge in [-0.1, -0.05) is 24.2 Å². The molecule has 0 radical (unpaired) electrons. The van der Waals surface area contributed by atoms with Gasteiger partial charge in [-0.05, 0) is 35.1 Å². The van der Waals surface area contributed by atoms with E-state index < -0.39 is 0 Å². The minimum atomic E-state index is -0.371. The van der Waals surface area contributed by atoms with Gasteiger partial charge in [0.2, 0.25) is 17.6 Å². The maximum Gasteiger partial charge on any atom is 0.226 e. The zero-order chi connectivity index (χ0) is 16.6. The van der Waals surface area contributed by atoms with Crippen LogP contribution in [0.1, 0.15) is 36.4 Å². The molecule has 23 heavy (non-hydrogen) atoms. The maximum absolute atomic E-state index is 12.2. The van der Waals surface area contributed by atoms with Gasteiger partial charge in [0, 0.05) is 12.0 Å². The Balaban J connectivity index is 1.81. The highest BCUT2D eigenvalue weighted by Gasteiger charge is 2.29. The summed E-state index contributed by atoms with van der Waals surface area (Å²) >= 11 is 0. The molecule has 0 aliphatic heterocycles. The number of carbonyl (C=O) groups excluding carboxylic acids is 1. The van der Waals surface area contributed by atoms with Gasteiger partial charge < -0.3 is 9.84 Å². The minimum Gasteiger partial charge on any atom is -0.351 e. The molecule has 0 bridgehead atoms. The van der Waals surface area contributed by atoms with Crippen molar-refractivity contribution in [1.29, 1.82) is 0 Å². The first-order chi connectivity index (χ1) is 10.9. The van der Waals surface area contributed by atoms with E-state index in [1.54, 1.807) is 0 Å². The number of benzene rings is 1. The van der Waals surface area contributed by atoms with Crippen LogP contribution < -0.4 is 5.32 Å². The van der Waals surface area contributed by atoms with Crippen LogP contribution in [0, 0.1) is 0 Å². The lowest BCUT2D eigenvalue weighted by molar-refractivity contribution is -0.121. The van der Waals surface area contributed by atoms with E-state index >= 15 is 0 Å². The van der Waals surface area contributed by atoms with Crippen LogP contribution in [0.4, 0.5) is 0 Å². The van der Waals surface area contributed by atoms with Crippen molar-refractivity contribution in [2.24, 2.45) is 0 Å². The number of rotatable bonds is 4. The summed E-state index contributed by atoms with van der Waals surface area (Å²) in [5.41, 5.74) is 3.42. The molecule has 2 aromatic rings. The van der Waals surface area contributed by atoms with E-state index in [9.17, 15) is 4.79 Å². The second-order valence-corrected chi connectivity index (χ2v) is 7.09. The topological polar surface area (TPSA) is 68.0 Å². The molecule has 1 aromatic carbocycles. The summed E-state index contributed by atoms with van der Waals surface area (Å²) in [6.45, 7) is 1.99. The number of carbonyl (C=O) groups is 1. The molecule has 1 aliphatic carbocycles. The van der Waals surface area contributed by atoms with Crippen molar-refractivity contribution in [3.8, 4) is 11.4 Å². The number of amides is 1. The van der Waals surface area contributed by atoms with Gasteiger partial charge in [0.15, 0.2) is 0 Å². The molecule has 1 aromatic heterocycles. The predicted octanol–water partition coefficient (Wildman–Crippen LogP) is -0.625. The molecule has 3 rings (SSSR count). The average molecular weight is 307 g/mol. The number of hydrogen-bond acceptors (Lipinski definition) is 4. The second kappa shape index (κ2) is 5.91. The smallest absolute Gasteiger partial charge is 0.226 e. The van der Waals surface area contributed by atoms with Gasteiger partial charge in [0.05, 0.1) is 6.04 Å². The van der Waals surface area contributed by atoms with Crippen LogP contribution in [0.5, 0.6) is 0 Å². The van der Waals surface area contributed by atoms with Crippen molar-refractivity contribution in [3.63, 3.8) is 0 Å². The predicted molar refractivity (Wildman–Crippen MR) is 96.6 cm³/mol. The van der Waals surface area contributed by atoms with Crippen LogP contribution in [0.15, 0.2) is 22.7 Å². The summed E-state index contributed by atoms with van der Waals surface area (Å²) in [7, 11) is 5.80. The molecule has 0 fully saturated rings. The summed E-state index contributed by atoms with van der Waals surface area (Å²) in [5, 5.41) is 6.81. The van der Waals surface area contributed by atoms with E-state index in [0.29, 0.717) is 11.7 Å². The monoisotopic (exact) mass is 307 g/mol. The lowest BCUT2D eigenvalue weighted by Crippen LogP contribution is -2.38. The highest BCUT2D eigenvalue weighted by Crippen LogP contribution is 2.34. The Labute approximate surface area is 138 Å². The van der Waals surface area contributed by atoms with Crippen LogP contribution in [0.3, 0.4) is 0 Å². The number of nitrogens with zero attached hydrogens (tertiary/aromatic N) is 2. The molecule has 8 heteroatoms. The van der Waals surface area contributed by atoms with Crippen molar-refractivity contribution >= 4 is 29.4 Å². The summed E-state index contributed by atoms with van der Waals surface area (Å²) in [5.74, 6) is 1.37. The molecular weight excluding hydrogens is 287 g/mol. The average Bonchev–Trinajstić information content (AvgIpc) is 3.13. The zero-order valence-corrected chi connectivity index (χ0v) is 14.1. The molecular formula is C15H20B3N3O2. The number of nitrogens with one attached hydrogen (secondary N) is 1. The van der Waals surface area contributed by atoms with Gasteiger partial charge in [-0.2, -0.15) is 4.98 Å². The largest absolute Gasteiger partial charge is 0.351 e. The van der Waals surface area contributed by atoms with Crippen molar-refractivity contribution in [3.05, 3.63) is 35.2 Å². The van der Waals surface area contributed by atoms with Gasteiger partial charge in [-0.3, -0.25) is 4.79 Å². The van der Waals surface area contributed by atoms with Crippen LogP contribution >= 0.6 is 0 Å². The highest BCUT2D eigenvalue weighted by molar-refractivity contribution is 6.68. The number of aromatic nitrogens is 2. The van der Waals surface area contributed by atoms with Crippen molar-refractivity contribution in [2.75, 3.05) is 0 Å². The fourth-order valence-corrected chi connectivity index (χ4v) is 2.80. The zero-order valence-electron chi connectivity index (χ0n) is 14.1. The van der Waals surface area contributed by atoms with E-state index in [1.165, 1.54) is 11.1 Å². The Morgan fingerprint density at radius 2 is 2.22 bits per heavy atom. The van der Waals surface area contributed by atoms with E-state index in [-0.39, 0.29) is 17.1 Å². The Morgan fingerprint density at radius 1 is 1.43 bits per heavy atom. The molecule has 0 saturated heterocycles. The third-order valence-corrected chi connectivity index (χ3v) is 4.24. The number of fused-ring (bicyclic) bond motifs is 1. The first-order valence-electron chi connectivity index (χ1n) is 8.15. The summed E-state index contributed by atoms with van der Waals surface area (Å²) in [6, 6.07) is 6.29. The third kappa shape index (κ3) is 3.21. The Kier molecular flexibility index (Phi) is 4.09. The first-order valence-corrected chi connectivity index (χ1v) is 8.15. The fourth-order valence-electron chi connectivity index (χ4n) is 2.80. The SMILES string of the molecule is BC(B)(B)C(=O)N[C@@H]1CCc2cc(-c3noc(CC)n3)ccc21. The van der Waals surface area contributed by atoms with E-state index in [2.05, 4.69) is 27.6 Å². The molecule has 1 amide bonds. The quantitative estimate of drug-likeness (QED) is 0.764. The first kappa shape index (κ1) is 15.9. The maximum atomic E-state index is 12.2. The Bertz CT molecular complexity index is 740. The summed E-state index contributed by atoms with van der Waals surface area (Å²) in [4.78, 5) is 16.6. The van der Waals surface area contributed by atoms with Gasteiger partial charge in [-0.25, -0.2) is 0 Å². The van der Waals surface area contributed by atoms with Crippen molar-refractivity contribution in [2.45, 2.75) is 37.3 Å². The Morgan fingerprint density at radius 3 is 2.87 bits per heavy atom. The van der Waals surface area contributed by atoms with Gasteiger partial charge in [-0.15, -0.1) is 0 Å². The van der Waals surface area contributed by atoms with Gasteiger partial charge in [0.1, 0.15) is 23.5 Å². The number of aryl methyl sites for hydroxylation is 2. The summed E-state index contributed by atoms with van der Waals surface area (Å²) < 4.78 is 5.18. The van der Waals surface area contributed by atoms with Crippen LogP contribution in [0.25, 0.3) is 11.4 Å². The normalized spacial score (nSPS) is 17.0. The van der Waals surface area contributed by atoms with Crippen LogP contribution in [-0.2, 0) is 17.6 Å². The molecule has 0 spiro atoms. The molecule has 1 N–H and O–H groups in total. The van der Waals surface area contributed by atoms with Crippen molar-refractivity contribution < 1.29 is 9.32 Å². The van der Waals surface area contributed by atoms with E-state index in [1.807, 2.05) is 36.5 Å². The Hall–Kier alpha value is -1.98. The lowest BCUT2D eigenvalue weighted by atomic mass is 9.42. The fraction of sp³-hybridized carbons (Fsp3) is 0.400. The molecule has 1 aliphatic rings. The van der Waals surface area contributed by atoms with Gasteiger partial charge in [0.25, 0.3) is 0 Å².